The third-order valence-corrected chi connectivity index (χ3v) is 3.26. The number of hydrogen-bond acceptors (Lipinski definition) is 4. The van der Waals surface area contributed by atoms with Crippen LogP contribution in [-0.4, -0.2) is 16.6 Å². The van der Waals surface area contributed by atoms with E-state index < -0.39 is 5.78 Å². The van der Waals surface area contributed by atoms with Crippen molar-refractivity contribution in [1.82, 2.24) is 4.98 Å². The van der Waals surface area contributed by atoms with Gasteiger partial charge in [-0.1, -0.05) is 30.3 Å². The van der Waals surface area contributed by atoms with Gasteiger partial charge in [-0.05, 0) is 18.1 Å². The number of fused-ring (bicyclic) bond motifs is 1. The summed E-state index contributed by atoms with van der Waals surface area (Å²) in [6.07, 6.45) is 0.739. The summed E-state index contributed by atoms with van der Waals surface area (Å²) in [5, 5.41) is 0. The van der Waals surface area contributed by atoms with Crippen molar-refractivity contribution in [3.05, 3.63) is 59.3 Å². The zero-order valence-corrected chi connectivity index (χ0v) is 10.8. The minimum atomic E-state index is -0.437. The van der Waals surface area contributed by atoms with Crippen LogP contribution in [0.5, 0.6) is 5.88 Å². The second-order valence-corrected chi connectivity index (χ2v) is 4.67. The van der Waals surface area contributed by atoms with Crippen molar-refractivity contribution in [3.8, 4) is 5.88 Å². The number of hydrogen-bond donors (Lipinski definition) is 0. The van der Waals surface area contributed by atoms with Crippen molar-refractivity contribution < 1.29 is 14.3 Å². The Labute approximate surface area is 116 Å². The number of ether oxygens (including phenoxy) is 1. The fourth-order valence-corrected chi connectivity index (χ4v) is 2.19. The van der Waals surface area contributed by atoms with Crippen molar-refractivity contribution in [2.45, 2.75) is 19.4 Å². The zero-order chi connectivity index (χ0) is 13.9. The Bertz CT molecular complexity index is 665. The van der Waals surface area contributed by atoms with Crippen LogP contribution in [0, 0.1) is 0 Å². The van der Waals surface area contributed by atoms with E-state index in [2.05, 4.69) is 4.98 Å². The molecule has 0 aliphatic heterocycles. The van der Waals surface area contributed by atoms with Gasteiger partial charge < -0.3 is 4.74 Å². The molecule has 0 unspecified atom stereocenters. The van der Waals surface area contributed by atoms with Crippen molar-refractivity contribution in [2.24, 2.45) is 0 Å². The van der Waals surface area contributed by atoms with Crippen molar-refractivity contribution in [1.29, 1.82) is 0 Å². The number of Topliss-reactive ketones (excluding diaryl/α,β-unsaturated/α-hetero) is 2. The maximum atomic E-state index is 11.7. The lowest BCUT2D eigenvalue weighted by Gasteiger charge is -2.14. The number of pyridine rings is 1. The third-order valence-electron chi connectivity index (χ3n) is 3.26. The lowest BCUT2D eigenvalue weighted by atomic mass is 9.94. The molecule has 100 valence electrons. The Morgan fingerprint density at radius 2 is 1.80 bits per heavy atom. The van der Waals surface area contributed by atoms with E-state index in [9.17, 15) is 9.59 Å². The van der Waals surface area contributed by atoms with Gasteiger partial charge in [-0.25, -0.2) is 4.98 Å². The summed E-state index contributed by atoms with van der Waals surface area (Å²) in [7, 11) is 0. The number of rotatable bonds is 3. The number of aromatic nitrogens is 1. The summed E-state index contributed by atoms with van der Waals surface area (Å²) in [6, 6.07) is 13.1. The molecule has 0 atom stereocenters. The molecule has 1 aliphatic rings. The van der Waals surface area contributed by atoms with Crippen LogP contribution in [0.15, 0.2) is 42.5 Å². The van der Waals surface area contributed by atoms with Crippen molar-refractivity contribution >= 4 is 11.6 Å². The van der Waals surface area contributed by atoms with Crippen LogP contribution in [-0.2, 0) is 17.8 Å². The van der Waals surface area contributed by atoms with E-state index in [1.165, 1.54) is 0 Å². The quantitative estimate of drug-likeness (QED) is 0.801. The molecule has 0 bridgehead atoms. The first-order chi connectivity index (χ1) is 9.74. The van der Waals surface area contributed by atoms with E-state index >= 15 is 0 Å². The summed E-state index contributed by atoms with van der Waals surface area (Å²) in [6.45, 7) is 0.430. The molecule has 0 fully saturated rings. The van der Waals surface area contributed by atoms with Gasteiger partial charge in [0.05, 0.1) is 5.69 Å². The van der Waals surface area contributed by atoms with Gasteiger partial charge in [0.15, 0.2) is 0 Å². The van der Waals surface area contributed by atoms with Gasteiger partial charge >= 0.3 is 0 Å². The molecule has 2 aromatic rings. The predicted octanol–water partition coefficient (Wildman–Crippen LogP) is 2.36. The fourth-order valence-electron chi connectivity index (χ4n) is 2.19. The molecule has 4 heteroatoms. The summed E-state index contributed by atoms with van der Waals surface area (Å²) < 4.78 is 5.61. The fraction of sp³-hybridized carbons (Fsp3) is 0.188. The standard InChI is InChI=1S/C16H13NO3/c18-14-8-7-13-12(16(14)19)6-9-15(17-13)20-10-11-4-2-1-3-5-11/h1-6,9H,7-8,10H2. The Balaban J connectivity index is 1.76. The number of benzene rings is 1. The number of aryl methyl sites for hydroxylation is 1. The Morgan fingerprint density at radius 3 is 2.60 bits per heavy atom. The van der Waals surface area contributed by atoms with E-state index in [0.717, 1.165) is 5.56 Å². The van der Waals surface area contributed by atoms with E-state index in [1.807, 2.05) is 30.3 Å². The second kappa shape index (κ2) is 5.25. The molecule has 20 heavy (non-hydrogen) atoms. The van der Waals surface area contributed by atoms with Crippen LogP contribution in [0.4, 0.5) is 0 Å². The Hall–Kier alpha value is -2.49. The molecule has 1 aromatic carbocycles. The highest BCUT2D eigenvalue weighted by Gasteiger charge is 2.26. The maximum Gasteiger partial charge on any atom is 0.230 e. The van der Waals surface area contributed by atoms with Gasteiger partial charge in [-0.2, -0.15) is 0 Å². The van der Waals surface area contributed by atoms with E-state index in [4.69, 9.17) is 4.74 Å². The topological polar surface area (TPSA) is 56.3 Å². The normalized spacial score (nSPS) is 14.0. The zero-order valence-electron chi connectivity index (χ0n) is 10.8. The van der Waals surface area contributed by atoms with Gasteiger partial charge in [0, 0.05) is 18.1 Å². The summed E-state index contributed by atoms with van der Waals surface area (Å²) >= 11 is 0. The molecule has 1 heterocycles. The molecule has 4 nitrogen and oxygen atoms in total. The molecule has 0 spiro atoms. The first-order valence-electron chi connectivity index (χ1n) is 6.48. The SMILES string of the molecule is O=C1CCc2nc(OCc3ccccc3)ccc2C1=O. The minimum absolute atomic E-state index is 0.237. The number of ketones is 2. The molecule has 0 saturated carbocycles. The van der Waals surface area contributed by atoms with Gasteiger partial charge in [0.2, 0.25) is 17.4 Å². The smallest absolute Gasteiger partial charge is 0.230 e. The summed E-state index contributed by atoms with van der Waals surface area (Å²) in [5.41, 5.74) is 2.12. The lowest BCUT2D eigenvalue weighted by Crippen LogP contribution is -2.23. The highest BCUT2D eigenvalue weighted by molar-refractivity contribution is 6.44. The van der Waals surface area contributed by atoms with E-state index in [0.29, 0.717) is 30.2 Å². The molecule has 0 radical (unpaired) electrons. The molecule has 0 saturated heterocycles. The van der Waals surface area contributed by atoms with Gasteiger partial charge in [-0.15, -0.1) is 0 Å². The third kappa shape index (κ3) is 2.45. The van der Waals surface area contributed by atoms with Crippen molar-refractivity contribution in [3.63, 3.8) is 0 Å². The van der Waals surface area contributed by atoms with Crippen LogP contribution in [0.25, 0.3) is 0 Å². The molecule has 3 rings (SSSR count). The predicted molar refractivity (Wildman–Crippen MR) is 72.7 cm³/mol. The number of carbonyl (C=O) groups excluding carboxylic acids is 2. The molecule has 0 amide bonds. The molecule has 0 N–H and O–H groups in total. The Kier molecular flexibility index (Phi) is 3.29. The highest BCUT2D eigenvalue weighted by Crippen LogP contribution is 2.21. The lowest BCUT2D eigenvalue weighted by molar-refractivity contribution is -0.115. The molecule has 1 aromatic heterocycles. The van der Waals surface area contributed by atoms with E-state index in [1.54, 1.807) is 12.1 Å². The van der Waals surface area contributed by atoms with Crippen LogP contribution < -0.4 is 4.74 Å². The van der Waals surface area contributed by atoms with Crippen LogP contribution in [0.2, 0.25) is 0 Å². The van der Waals surface area contributed by atoms with Crippen LogP contribution >= 0.6 is 0 Å². The summed E-state index contributed by atoms with van der Waals surface area (Å²) in [5.74, 6) is -0.291. The van der Waals surface area contributed by atoms with Crippen LogP contribution in [0.3, 0.4) is 0 Å². The first kappa shape index (κ1) is 12.5. The molecular weight excluding hydrogens is 254 g/mol. The Morgan fingerprint density at radius 1 is 1.00 bits per heavy atom. The minimum Gasteiger partial charge on any atom is -0.473 e. The van der Waals surface area contributed by atoms with Crippen LogP contribution in [0.1, 0.15) is 28.0 Å². The first-order valence-corrected chi connectivity index (χ1v) is 6.48. The number of nitrogens with zero attached hydrogens (tertiary/aromatic N) is 1. The molecular formula is C16H13NO3. The van der Waals surface area contributed by atoms with Crippen molar-refractivity contribution in [2.75, 3.05) is 0 Å². The van der Waals surface area contributed by atoms with Gasteiger partial charge in [0.25, 0.3) is 0 Å². The average molecular weight is 267 g/mol. The van der Waals surface area contributed by atoms with Gasteiger partial charge in [0.1, 0.15) is 6.61 Å². The summed E-state index contributed by atoms with van der Waals surface area (Å²) in [4.78, 5) is 27.3. The maximum absolute atomic E-state index is 11.7. The highest BCUT2D eigenvalue weighted by atomic mass is 16.5. The average Bonchev–Trinajstić information content (AvgIpc) is 2.50. The van der Waals surface area contributed by atoms with E-state index in [-0.39, 0.29) is 12.2 Å². The van der Waals surface area contributed by atoms with Gasteiger partial charge in [-0.3, -0.25) is 9.59 Å². The monoisotopic (exact) mass is 267 g/mol. The number of carbonyl (C=O) groups is 2. The molecule has 1 aliphatic carbocycles. The largest absolute Gasteiger partial charge is 0.473 e. The second-order valence-electron chi connectivity index (χ2n) is 4.67.